The van der Waals surface area contributed by atoms with Gasteiger partial charge in [-0.05, 0) is 38.3 Å². The smallest absolute Gasteiger partial charge is 0.317 e. The second kappa shape index (κ2) is 7.95. The van der Waals surface area contributed by atoms with Gasteiger partial charge in [-0.25, -0.2) is 4.79 Å². The van der Waals surface area contributed by atoms with Crippen LogP contribution in [0.1, 0.15) is 20.3 Å². The molecule has 1 N–H and O–H groups in total. The first-order chi connectivity index (χ1) is 12.0. The van der Waals surface area contributed by atoms with Crippen LogP contribution in [0.3, 0.4) is 0 Å². The molecule has 0 radical (unpaired) electrons. The van der Waals surface area contributed by atoms with Crippen molar-refractivity contribution in [2.45, 2.75) is 32.5 Å². The lowest BCUT2D eigenvalue weighted by Gasteiger charge is -2.35. The molecule has 1 aromatic carbocycles. The van der Waals surface area contributed by atoms with E-state index >= 15 is 0 Å². The lowest BCUT2D eigenvalue weighted by atomic mass is 10.1. The standard InChI is InChI=1S/C19H29N3O3/c1-14-11-22(12-15(2)25-14)19(23)20-10-16-7-8-21(13-16)17-5-4-6-18(9-17)24-3/h4-6,9,14-16H,7-8,10-13H2,1-3H3,(H,20,23)/t14-,15-,16-/m1/s1. The van der Waals surface area contributed by atoms with Gasteiger partial charge in [0.1, 0.15) is 5.75 Å². The van der Waals surface area contributed by atoms with Crippen molar-refractivity contribution < 1.29 is 14.3 Å². The van der Waals surface area contributed by atoms with Crippen molar-refractivity contribution in [3.8, 4) is 5.75 Å². The zero-order chi connectivity index (χ0) is 17.8. The fraction of sp³-hybridized carbons (Fsp3) is 0.632. The number of benzene rings is 1. The fourth-order valence-electron chi connectivity index (χ4n) is 3.73. The van der Waals surface area contributed by atoms with Crippen LogP contribution >= 0.6 is 0 Å². The summed E-state index contributed by atoms with van der Waals surface area (Å²) in [5.41, 5.74) is 1.18. The van der Waals surface area contributed by atoms with Gasteiger partial charge in [-0.1, -0.05) is 6.07 Å². The van der Waals surface area contributed by atoms with Crippen LogP contribution in [0.2, 0.25) is 0 Å². The zero-order valence-corrected chi connectivity index (χ0v) is 15.4. The maximum atomic E-state index is 12.4. The number of carbonyl (C=O) groups is 1. The van der Waals surface area contributed by atoms with Crippen molar-refractivity contribution in [1.82, 2.24) is 10.2 Å². The number of morpholine rings is 1. The summed E-state index contributed by atoms with van der Waals surface area (Å²) in [6.07, 6.45) is 1.29. The Kier molecular flexibility index (Phi) is 5.68. The molecule has 0 spiro atoms. The number of methoxy groups -OCH3 is 1. The highest BCUT2D eigenvalue weighted by molar-refractivity contribution is 5.74. The summed E-state index contributed by atoms with van der Waals surface area (Å²) in [5.74, 6) is 1.36. The number of rotatable bonds is 4. The molecule has 138 valence electrons. The van der Waals surface area contributed by atoms with Gasteiger partial charge in [0.15, 0.2) is 0 Å². The molecule has 0 bridgehead atoms. The van der Waals surface area contributed by atoms with Gasteiger partial charge < -0.3 is 24.6 Å². The lowest BCUT2D eigenvalue weighted by Crippen LogP contribution is -2.52. The minimum atomic E-state index is 0.0295. The van der Waals surface area contributed by atoms with E-state index in [1.165, 1.54) is 5.69 Å². The molecule has 3 atom stereocenters. The van der Waals surface area contributed by atoms with E-state index in [2.05, 4.69) is 22.3 Å². The Morgan fingerprint density at radius 2 is 2.04 bits per heavy atom. The first kappa shape index (κ1) is 17.9. The summed E-state index contributed by atoms with van der Waals surface area (Å²) in [6, 6.07) is 8.19. The van der Waals surface area contributed by atoms with Crippen LogP contribution in [0.4, 0.5) is 10.5 Å². The largest absolute Gasteiger partial charge is 0.497 e. The lowest BCUT2D eigenvalue weighted by molar-refractivity contribution is -0.0545. The third-order valence-electron chi connectivity index (χ3n) is 4.95. The highest BCUT2D eigenvalue weighted by Crippen LogP contribution is 2.26. The van der Waals surface area contributed by atoms with E-state index in [0.29, 0.717) is 19.0 Å². The fourth-order valence-corrected chi connectivity index (χ4v) is 3.73. The van der Waals surface area contributed by atoms with Gasteiger partial charge in [-0.15, -0.1) is 0 Å². The van der Waals surface area contributed by atoms with E-state index in [9.17, 15) is 4.79 Å². The van der Waals surface area contributed by atoms with E-state index in [1.807, 2.05) is 30.9 Å². The van der Waals surface area contributed by atoms with Crippen molar-refractivity contribution in [3.05, 3.63) is 24.3 Å². The average molecular weight is 347 g/mol. The monoisotopic (exact) mass is 347 g/mol. The second-order valence-electron chi connectivity index (χ2n) is 7.15. The van der Waals surface area contributed by atoms with Gasteiger partial charge >= 0.3 is 6.03 Å². The van der Waals surface area contributed by atoms with Gasteiger partial charge in [0.05, 0.1) is 19.3 Å². The maximum absolute atomic E-state index is 12.4. The van der Waals surface area contributed by atoms with Crippen molar-refractivity contribution >= 4 is 11.7 Å². The number of anilines is 1. The van der Waals surface area contributed by atoms with Crippen LogP contribution in [0.25, 0.3) is 0 Å². The highest BCUT2D eigenvalue weighted by Gasteiger charge is 2.27. The molecule has 0 unspecified atom stereocenters. The molecule has 0 aromatic heterocycles. The minimum Gasteiger partial charge on any atom is -0.497 e. The third kappa shape index (κ3) is 4.57. The van der Waals surface area contributed by atoms with E-state index in [-0.39, 0.29) is 18.2 Å². The molecular formula is C19H29N3O3. The Hall–Kier alpha value is -1.95. The van der Waals surface area contributed by atoms with E-state index in [4.69, 9.17) is 9.47 Å². The van der Waals surface area contributed by atoms with E-state index in [1.54, 1.807) is 7.11 Å². The Labute approximate surface area is 150 Å². The quantitative estimate of drug-likeness (QED) is 0.908. The maximum Gasteiger partial charge on any atom is 0.317 e. The molecule has 2 saturated heterocycles. The van der Waals surface area contributed by atoms with Crippen molar-refractivity contribution in [2.24, 2.45) is 5.92 Å². The van der Waals surface area contributed by atoms with Crippen LogP contribution in [0.5, 0.6) is 5.75 Å². The van der Waals surface area contributed by atoms with Crippen molar-refractivity contribution in [1.29, 1.82) is 0 Å². The van der Waals surface area contributed by atoms with E-state index in [0.717, 1.165) is 31.8 Å². The molecule has 2 aliphatic heterocycles. The highest BCUT2D eigenvalue weighted by atomic mass is 16.5. The predicted octanol–water partition coefficient (Wildman–Crippen LogP) is 2.34. The number of urea groups is 1. The van der Waals surface area contributed by atoms with Crippen molar-refractivity contribution in [3.63, 3.8) is 0 Å². The summed E-state index contributed by atoms with van der Waals surface area (Å²) in [6.45, 7) is 8.05. The Morgan fingerprint density at radius 3 is 2.76 bits per heavy atom. The molecule has 6 nitrogen and oxygen atoms in total. The van der Waals surface area contributed by atoms with Gasteiger partial charge in [0.2, 0.25) is 0 Å². The first-order valence-corrected chi connectivity index (χ1v) is 9.12. The molecule has 3 rings (SSSR count). The Bertz CT molecular complexity index is 585. The topological polar surface area (TPSA) is 54.0 Å². The Balaban J connectivity index is 1.47. The molecule has 2 heterocycles. The molecule has 6 heteroatoms. The summed E-state index contributed by atoms with van der Waals surface area (Å²) >= 11 is 0. The summed E-state index contributed by atoms with van der Waals surface area (Å²) in [4.78, 5) is 16.6. The minimum absolute atomic E-state index is 0.0295. The van der Waals surface area contributed by atoms with Crippen molar-refractivity contribution in [2.75, 3.05) is 44.7 Å². The number of amides is 2. The van der Waals surface area contributed by atoms with Gasteiger partial charge in [-0.3, -0.25) is 0 Å². The number of nitrogens with one attached hydrogen (secondary N) is 1. The average Bonchev–Trinajstić information content (AvgIpc) is 3.08. The zero-order valence-electron chi connectivity index (χ0n) is 15.4. The third-order valence-corrected chi connectivity index (χ3v) is 4.95. The van der Waals surface area contributed by atoms with Gasteiger partial charge in [0, 0.05) is 44.5 Å². The number of nitrogens with zero attached hydrogens (tertiary/aromatic N) is 2. The summed E-state index contributed by atoms with van der Waals surface area (Å²) in [5, 5.41) is 3.11. The van der Waals surface area contributed by atoms with Crippen LogP contribution in [-0.2, 0) is 4.74 Å². The molecule has 0 saturated carbocycles. The van der Waals surface area contributed by atoms with Crippen LogP contribution < -0.4 is 15.0 Å². The Morgan fingerprint density at radius 1 is 1.28 bits per heavy atom. The molecule has 2 fully saturated rings. The number of hydrogen-bond acceptors (Lipinski definition) is 4. The molecular weight excluding hydrogens is 318 g/mol. The molecule has 2 aliphatic rings. The summed E-state index contributed by atoms with van der Waals surface area (Å²) in [7, 11) is 1.69. The van der Waals surface area contributed by atoms with Crippen LogP contribution in [-0.4, -0.2) is 63.0 Å². The first-order valence-electron chi connectivity index (χ1n) is 9.12. The number of hydrogen-bond donors (Lipinski definition) is 1. The molecule has 2 amide bonds. The van der Waals surface area contributed by atoms with E-state index < -0.39 is 0 Å². The molecule has 1 aromatic rings. The molecule has 25 heavy (non-hydrogen) atoms. The second-order valence-corrected chi connectivity index (χ2v) is 7.15. The number of ether oxygens (including phenoxy) is 2. The normalized spacial score (nSPS) is 26.6. The van der Waals surface area contributed by atoms with Gasteiger partial charge in [-0.2, -0.15) is 0 Å². The molecule has 0 aliphatic carbocycles. The predicted molar refractivity (Wildman–Crippen MR) is 98.3 cm³/mol. The SMILES string of the molecule is COc1cccc(N2CC[C@H](CNC(=O)N3C[C@@H](C)O[C@H](C)C3)C2)c1. The summed E-state index contributed by atoms with van der Waals surface area (Å²) < 4.78 is 11.0. The van der Waals surface area contributed by atoms with Crippen LogP contribution in [0.15, 0.2) is 24.3 Å². The number of carbonyl (C=O) groups excluding carboxylic acids is 1. The van der Waals surface area contributed by atoms with Gasteiger partial charge in [0.25, 0.3) is 0 Å². The van der Waals surface area contributed by atoms with Crippen LogP contribution in [0, 0.1) is 5.92 Å².